The Morgan fingerprint density at radius 2 is 1.56 bits per heavy atom. The van der Waals surface area contributed by atoms with Gasteiger partial charge in [0.2, 0.25) is 5.88 Å². The first kappa shape index (κ1) is 21.8. The van der Waals surface area contributed by atoms with Crippen LogP contribution in [0.5, 0.6) is 5.88 Å². The van der Waals surface area contributed by atoms with Gasteiger partial charge in [0.25, 0.3) is 0 Å². The van der Waals surface area contributed by atoms with Crippen LogP contribution in [0, 0.1) is 0 Å². The van der Waals surface area contributed by atoms with E-state index in [1.54, 1.807) is 18.3 Å². The number of azo groups is 1. The van der Waals surface area contributed by atoms with E-state index in [9.17, 15) is 13.2 Å². The first-order chi connectivity index (χ1) is 15.5. The topological polar surface area (TPSA) is 78.2 Å². The van der Waals surface area contributed by atoms with Crippen LogP contribution in [0.4, 0.5) is 24.5 Å². The van der Waals surface area contributed by atoms with Crippen molar-refractivity contribution in [3.63, 3.8) is 0 Å². The van der Waals surface area contributed by atoms with Crippen molar-refractivity contribution in [3.05, 3.63) is 77.7 Å². The second kappa shape index (κ2) is 9.84. The van der Waals surface area contributed by atoms with Crippen LogP contribution in [-0.2, 0) is 22.3 Å². The third-order valence-electron chi connectivity index (χ3n) is 4.57. The Morgan fingerprint density at radius 1 is 0.938 bits per heavy atom. The van der Waals surface area contributed by atoms with E-state index in [-0.39, 0.29) is 6.61 Å². The highest BCUT2D eigenvalue weighted by atomic mass is 19.4. The minimum absolute atomic E-state index is 0.257. The van der Waals surface area contributed by atoms with E-state index in [4.69, 9.17) is 14.2 Å². The van der Waals surface area contributed by atoms with Crippen molar-refractivity contribution in [2.45, 2.75) is 25.5 Å². The number of hydrogen-bond acceptors (Lipinski definition) is 7. The molecule has 1 aliphatic rings. The van der Waals surface area contributed by atoms with Crippen LogP contribution in [0.3, 0.4) is 0 Å². The highest BCUT2D eigenvalue weighted by molar-refractivity contribution is 5.42. The lowest BCUT2D eigenvalue weighted by Gasteiger charge is -2.24. The van der Waals surface area contributed by atoms with Crippen molar-refractivity contribution in [2.75, 3.05) is 13.2 Å². The van der Waals surface area contributed by atoms with Gasteiger partial charge in [-0.25, -0.2) is 9.97 Å². The fourth-order valence-corrected chi connectivity index (χ4v) is 2.92. The zero-order chi connectivity index (χ0) is 22.4. The fourth-order valence-electron chi connectivity index (χ4n) is 2.92. The number of rotatable bonds is 6. The molecule has 4 rings (SSSR count). The number of ether oxygens (including phenoxy) is 3. The molecule has 0 N–H and O–H groups in total. The van der Waals surface area contributed by atoms with E-state index < -0.39 is 18.0 Å². The minimum Gasteiger partial charge on any atom is -0.472 e. The lowest BCUT2D eigenvalue weighted by molar-refractivity contribution is -0.184. The zero-order valence-electron chi connectivity index (χ0n) is 16.8. The molecule has 1 fully saturated rings. The summed E-state index contributed by atoms with van der Waals surface area (Å²) < 4.78 is 54.9. The Hall–Kier alpha value is -3.37. The SMILES string of the molecule is FC(F)(F)c1ccc(N=Nc2ccc(COc3ncncc3C3OCCCO3)cc2)cc1. The summed E-state index contributed by atoms with van der Waals surface area (Å²) >= 11 is 0. The summed E-state index contributed by atoms with van der Waals surface area (Å²) in [6, 6.07) is 11.6. The molecule has 2 aromatic carbocycles. The molecule has 7 nitrogen and oxygen atoms in total. The summed E-state index contributed by atoms with van der Waals surface area (Å²) in [5, 5.41) is 8.02. The molecule has 0 bridgehead atoms. The van der Waals surface area contributed by atoms with E-state index >= 15 is 0 Å². The van der Waals surface area contributed by atoms with Crippen LogP contribution in [0.2, 0.25) is 0 Å². The molecule has 166 valence electrons. The summed E-state index contributed by atoms with van der Waals surface area (Å²) in [6.07, 6.45) is -1.08. The van der Waals surface area contributed by atoms with E-state index in [0.29, 0.717) is 36.0 Å². The third kappa shape index (κ3) is 5.65. The molecule has 1 aliphatic heterocycles. The van der Waals surface area contributed by atoms with Gasteiger partial charge in [0.1, 0.15) is 12.9 Å². The smallest absolute Gasteiger partial charge is 0.416 e. The maximum absolute atomic E-state index is 12.6. The van der Waals surface area contributed by atoms with Crippen molar-refractivity contribution >= 4 is 11.4 Å². The van der Waals surface area contributed by atoms with Crippen LogP contribution in [0.1, 0.15) is 29.4 Å². The number of hydrogen-bond donors (Lipinski definition) is 0. The Labute approximate surface area is 181 Å². The first-order valence-corrected chi connectivity index (χ1v) is 9.83. The number of halogens is 3. The van der Waals surface area contributed by atoms with Gasteiger partial charge in [-0.05, 0) is 48.4 Å². The predicted molar refractivity (Wildman–Crippen MR) is 108 cm³/mol. The van der Waals surface area contributed by atoms with Gasteiger partial charge in [0.05, 0.1) is 35.7 Å². The Kier molecular flexibility index (Phi) is 6.72. The normalized spacial score (nSPS) is 15.2. The number of alkyl halides is 3. The Bertz CT molecular complexity index is 1050. The van der Waals surface area contributed by atoms with E-state index in [1.165, 1.54) is 18.5 Å². The van der Waals surface area contributed by atoms with Crippen LogP contribution >= 0.6 is 0 Å². The van der Waals surface area contributed by atoms with Crippen molar-refractivity contribution in [3.8, 4) is 5.88 Å². The maximum Gasteiger partial charge on any atom is 0.416 e. The lowest BCUT2D eigenvalue weighted by Crippen LogP contribution is -2.19. The average molecular weight is 444 g/mol. The van der Waals surface area contributed by atoms with Crippen molar-refractivity contribution < 1.29 is 27.4 Å². The average Bonchev–Trinajstić information content (AvgIpc) is 2.82. The van der Waals surface area contributed by atoms with Crippen molar-refractivity contribution in [1.29, 1.82) is 0 Å². The minimum atomic E-state index is -4.38. The van der Waals surface area contributed by atoms with Crippen LogP contribution in [-0.4, -0.2) is 23.2 Å². The standard InChI is InChI=1S/C22H19F3N4O3/c23-22(24,25)16-4-8-18(9-5-16)29-28-17-6-2-15(3-7-17)13-32-20-19(12-26-14-27-20)21-30-10-1-11-31-21/h2-9,12,14,21H,1,10-11,13H2. The van der Waals surface area contributed by atoms with Crippen LogP contribution < -0.4 is 4.74 Å². The zero-order valence-corrected chi connectivity index (χ0v) is 16.8. The molecule has 0 unspecified atom stereocenters. The third-order valence-corrected chi connectivity index (χ3v) is 4.57. The van der Waals surface area contributed by atoms with Gasteiger partial charge in [-0.3, -0.25) is 0 Å². The predicted octanol–water partition coefficient (Wildman–Crippen LogP) is 5.93. The van der Waals surface area contributed by atoms with Gasteiger partial charge in [0.15, 0.2) is 6.29 Å². The monoisotopic (exact) mass is 444 g/mol. The molecule has 0 radical (unpaired) electrons. The van der Waals surface area contributed by atoms with Crippen LogP contribution in [0.25, 0.3) is 0 Å². The number of benzene rings is 2. The fraction of sp³-hybridized carbons (Fsp3) is 0.273. The molecule has 0 atom stereocenters. The summed E-state index contributed by atoms with van der Waals surface area (Å²) in [5.74, 6) is 0.387. The van der Waals surface area contributed by atoms with Gasteiger partial charge < -0.3 is 14.2 Å². The van der Waals surface area contributed by atoms with E-state index in [1.807, 2.05) is 12.1 Å². The Balaban J connectivity index is 1.36. The first-order valence-electron chi connectivity index (χ1n) is 9.83. The molecular formula is C22H19F3N4O3. The maximum atomic E-state index is 12.6. The molecule has 10 heteroatoms. The molecule has 0 amide bonds. The summed E-state index contributed by atoms with van der Waals surface area (Å²) in [7, 11) is 0. The summed E-state index contributed by atoms with van der Waals surface area (Å²) in [6.45, 7) is 1.45. The van der Waals surface area contributed by atoms with Gasteiger partial charge in [-0.1, -0.05) is 12.1 Å². The highest BCUT2D eigenvalue weighted by Gasteiger charge is 2.29. The lowest BCUT2D eigenvalue weighted by atomic mass is 10.2. The molecule has 2 heterocycles. The van der Waals surface area contributed by atoms with Gasteiger partial charge in [-0.2, -0.15) is 23.4 Å². The van der Waals surface area contributed by atoms with E-state index in [0.717, 1.165) is 24.1 Å². The van der Waals surface area contributed by atoms with Crippen LogP contribution in [0.15, 0.2) is 71.3 Å². The van der Waals surface area contributed by atoms with Gasteiger partial charge >= 0.3 is 6.18 Å². The molecule has 0 saturated carbocycles. The molecule has 1 aromatic heterocycles. The second-order valence-electron chi connectivity index (χ2n) is 6.91. The second-order valence-corrected chi connectivity index (χ2v) is 6.91. The molecule has 0 spiro atoms. The Morgan fingerprint density at radius 3 is 2.19 bits per heavy atom. The van der Waals surface area contributed by atoms with E-state index in [2.05, 4.69) is 20.2 Å². The number of aromatic nitrogens is 2. The molecule has 32 heavy (non-hydrogen) atoms. The number of nitrogens with zero attached hydrogens (tertiary/aromatic N) is 4. The van der Waals surface area contributed by atoms with Crippen molar-refractivity contribution in [1.82, 2.24) is 9.97 Å². The highest BCUT2D eigenvalue weighted by Crippen LogP contribution is 2.31. The largest absolute Gasteiger partial charge is 0.472 e. The van der Waals surface area contributed by atoms with Gasteiger partial charge in [0, 0.05) is 6.20 Å². The molecule has 3 aromatic rings. The summed E-state index contributed by atoms with van der Waals surface area (Å²) in [5.41, 5.74) is 1.66. The molecule has 1 saturated heterocycles. The quantitative estimate of drug-likeness (QED) is 0.441. The molecule has 0 aliphatic carbocycles. The van der Waals surface area contributed by atoms with Crippen molar-refractivity contribution in [2.24, 2.45) is 10.2 Å². The molecular weight excluding hydrogens is 425 g/mol. The summed E-state index contributed by atoms with van der Waals surface area (Å²) in [4.78, 5) is 8.19. The van der Waals surface area contributed by atoms with Gasteiger partial charge in [-0.15, -0.1) is 0 Å².